The number of nitrogens with zero attached hydrogens (tertiary/aromatic N) is 3. The second-order valence-corrected chi connectivity index (χ2v) is 5.32. The molecule has 8 heteroatoms. The molecule has 0 aliphatic heterocycles. The Morgan fingerprint density at radius 3 is 2.90 bits per heavy atom. The molecule has 0 spiro atoms. The van der Waals surface area contributed by atoms with Crippen molar-refractivity contribution in [3.63, 3.8) is 0 Å². The molecule has 2 aromatic heterocycles. The zero-order chi connectivity index (χ0) is 14.1. The molecule has 0 saturated heterocycles. The third-order valence-electron chi connectivity index (χ3n) is 2.55. The van der Waals surface area contributed by atoms with Crippen molar-refractivity contribution in [2.45, 2.75) is 10.1 Å². The fraction of sp³-hybridized carbons (Fsp3) is 0. The first kappa shape index (κ1) is 12.9. The van der Waals surface area contributed by atoms with Crippen LogP contribution < -0.4 is 0 Å². The van der Waals surface area contributed by atoms with E-state index in [-0.39, 0.29) is 10.7 Å². The monoisotopic (exact) mass is 306 g/mol. The largest absolute Gasteiger partial charge is 0.476 e. The summed E-state index contributed by atoms with van der Waals surface area (Å²) in [5.41, 5.74) is 0.660. The highest BCUT2D eigenvalue weighted by Crippen LogP contribution is 2.28. The number of H-pyrrole nitrogens is 1. The van der Waals surface area contributed by atoms with E-state index in [0.717, 1.165) is 22.7 Å². The van der Waals surface area contributed by atoms with Gasteiger partial charge in [0, 0.05) is 10.4 Å². The van der Waals surface area contributed by atoms with Gasteiger partial charge in [-0.3, -0.25) is 0 Å². The number of aromatic carboxylic acids is 1. The Labute approximate surface area is 122 Å². The molecular formula is C12H7ClN4O2S. The lowest BCUT2D eigenvalue weighted by Gasteiger charge is -2.01. The molecule has 2 N–H and O–H groups in total. The van der Waals surface area contributed by atoms with Crippen LogP contribution in [0.1, 0.15) is 10.5 Å². The van der Waals surface area contributed by atoms with Gasteiger partial charge >= 0.3 is 5.97 Å². The number of fused-ring (bicyclic) bond motifs is 1. The highest BCUT2D eigenvalue weighted by atomic mass is 35.5. The maximum atomic E-state index is 11.0. The summed E-state index contributed by atoms with van der Waals surface area (Å²) in [7, 11) is 0. The normalized spacial score (nSPS) is 10.8. The number of nitrogens with one attached hydrogen (secondary N) is 1. The van der Waals surface area contributed by atoms with Crippen molar-refractivity contribution in [1.82, 2.24) is 20.4 Å². The minimum Gasteiger partial charge on any atom is -0.476 e. The molecule has 0 aliphatic carbocycles. The predicted octanol–water partition coefficient (Wildman–Crippen LogP) is 2.86. The average Bonchev–Trinajstić information content (AvgIpc) is 2.87. The van der Waals surface area contributed by atoms with E-state index in [1.165, 1.54) is 0 Å². The molecule has 0 amide bonds. The molecule has 3 aromatic rings. The first-order valence-electron chi connectivity index (χ1n) is 5.52. The molecule has 0 fully saturated rings. The Morgan fingerprint density at radius 1 is 1.25 bits per heavy atom. The topological polar surface area (TPSA) is 91.8 Å². The van der Waals surface area contributed by atoms with Crippen molar-refractivity contribution in [2.24, 2.45) is 0 Å². The molecule has 0 radical (unpaired) electrons. The summed E-state index contributed by atoms with van der Waals surface area (Å²) < 4.78 is 0. The van der Waals surface area contributed by atoms with Crippen LogP contribution in [-0.2, 0) is 0 Å². The lowest BCUT2D eigenvalue weighted by molar-refractivity contribution is 0.0686. The Kier molecular flexibility index (Phi) is 3.29. The van der Waals surface area contributed by atoms with Gasteiger partial charge in [-0.25, -0.2) is 9.78 Å². The molecule has 2 heterocycles. The number of pyridine rings is 1. The van der Waals surface area contributed by atoms with Gasteiger partial charge in [0.25, 0.3) is 0 Å². The molecule has 0 aliphatic rings. The number of carbonyl (C=O) groups is 1. The Bertz CT molecular complexity index is 805. The van der Waals surface area contributed by atoms with Gasteiger partial charge in [0.2, 0.25) is 5.69 Å². The van der Waals surface area contributed by atoms with E-state index in [1.54, 1.807) is 12.1 Å². The van der Waals surface area contributed by atoms with Crippen molar-refractivity contribution < 1.29 is 9.90 Å². The third-order valence-corrected chi connectivity index (χ3v) is 3.70. The number of aromatic amines is 1. The summed E-state index contributed by atoms with van der Waals surface area (Å²) in [5, 5.41) is 21.1. The molecule has 20 heavy (non-hydrogen) atoms. The Balaban J connectivity index is 1.96. The molecule has 100 valence electrons. The SMILES string of the molecule is O=C(O)c1n[nH]nc1Sc1ccc2cc(Cl)ccc2n1. The molecule has 0 unspecified atom stereocenters. The first-order chi connectivity index (χ1) is 9.63. The molecule has 1 aromatic carbocycles. The fourth-order valence-electron chi connectivity index (χ4n) is 1.67. The maximum absolute atomic E-state index is 11.0. The number of carboxylic acids is 1. The van der Waals surface area contributed by atoms with Crippen LogP contribution >= 0.6 is 23.4 Å². The summed E-state index contributed by atoms with van der Waals surface area (Å²) >= 11 is 7.05. The van der Waals surface area contributed by atoms with E-state index < -0.39 is 5.97 Å². The van der Waals surface area contributed by atoms with Gasteiger partial charge in [-0.15, -0.1) is 10.2 Å². The van der Waals surface area contributed by atoms with Crippen LogP contribution in [0.4, 0.5) is 0 Å². The van der Waals surface area contributed by atoms with Gasteiger partial charge in [0.1, 0.15) is 5.03 Å². The van der Waals surface area contributed by atoms with Crippen molar-refractivity contribution in [3.05, 3.63) is 41.0 Å². The van der Waals surface area contributed by atoms with Gasteiger partial charge in [-0.2, -0.15) is 5.21 Å². The minimum atomic E-state index is -1.13. The summed E-state index contributed by atoms with van der Waals surface area (Å²) in [6.07, 6.45) is 0. The molecule has 0 bridgehead atoms. The Morgan fingerprint density at radius 2 is 2.10 bits per heavy atom. The maximum Gasteiger partial charge on any atom is 0.359 e. The zero-order valence-electron chi connectivity index (χ0n) is 9.87. The lowest BCUT2D eigenvalue weighted by Crippen LogP contribution is -1.98. The third kappa shape index (κ3) is 2.45. The smallest absolute Gasteiger partial charge is 0.359 e. The first-order valence-corrected chi connectivity index (χ1v) is 6.71. The van der Waals surface area contributed by atoms with Crippen molar-refractivity contribution in [1.29, 1.82) is 0 Å². The van der Waals surface area contributed by atoms with Crippen LogP contribution in [0.3, 0.4) is 0 Å². The summed E-state index contributed by atoms with van der Waals surface area (Å²) in [5.74, 6) is -1.13. The van der Waals surface area contributed by atoms with Gasteiger partial charge in [0.15, 0.2) is 5.03 Å². The van der Waals surface area contributed by atoms with E-state index in [9.17, 15) is 4.79 Å². The molecular weight excluding hydrogens is 300 g/mol. The van der Waals surface area contributed by atoms with Gasteiger partial charge < -0.3 is 5.11 Å². The number of hydrogen-bond acceptors (Lipinski definition) is 5. The number of carboxylic acid groups (broad SMARTS) is 1. The summed E-state index contributed by atoms with van der Waals surface area (Å²) in [6, 6.07) is 9.03. The average molecular weight is 307 g/mol. The van der Waals surface area contributed by atoms with Gasteiger partial charge in [-0.05, 0) is 36.0 Å². The summed E-state index contributed by atoms with van der Waals surface area (Å²) in [4.78, 5) is 15.4. The van der Waals surface area contributed by atoms with E-state index in [2.05, 4.69) is 20.4 Å². The quantitative estimate of drug-likeness (QED) is 0.773. The molecule has 0 saturated carbocycles. The number of halogens is 1. The van der Waals surface area contributed by atoms with E-state index in [0.29, 0.717) is 10.0 Å². The van der Waals surface area contributed by atoms with E-state index in [1.807, 2.05) is 18.2 Å². The van der Waals surface area contributed by atoms with Crippen LogP contribution in [0.5, 0.6) is 0 Å². The minimum absolute atomic E-state index is 0.118. The van der Waals surface area contributed by atoms with Crippen LogP contribution in [0.2, 0.25) is 5.02 Å². The summed E-state index contributed by atoms with van der Waals surface area (Å²) in [6.45, 7) is 0. The predicted molar refractivity (Wildman–Crippen MR) is 74.2 cm³/mol. The zero-order valence-corrected chi connectivity index (χ0v) is 11.4. The second kappa shape index (κ2) is 5.10. The highest BCUT2D eigenvalue weighted by Gasteiger charge is 2.16. The molecule has 6 nitrogen and oxygen atoms in total. The van der Waals surface area contributed by atoms with Crippen LogP contribution in [0.25, 0.3) is 10.9 Å². The molecule has 0 atom stereocenters. The highest BCUT2D eigenvalue weighted by molar-refractivity contribution is 7.99. The number of hydrogen-bond donors (Lipinski definition) is 2. The lowest BCUT2D eigenvalue weighted by atomic mass is 10.2. The van der Waals surface area contributed by atoms with Gasteiger partial charge in [-0.1, -0.05) is 17.7 Å². The van der Waals surface area contributed by atoms with Crippen molar-refractivity contribution >= 4 is 40.2 Å². The standard InChI is InChI=1S/C12H7ClN4O2S/c13-7-2-3-8-6(5-7)1-4-9(14-8)20-11-10(12(18)19)15-17-16-11/h1-5H,(H,18,19)(H,15,16,17). The Hall–Kier alpha value is -2.12. The van der Waals surface area contributed by atoms with E-state index >= 15 is 0 Å². The van der Waals surface area contributed by atoms with Crippen LogP contribution in [-0.4, -0.2) is 31.5 Å². The van der Waals surface area contributed by atoms with Crippen molar-refractivity contribution in [3.8, 4) is 0 Å². The number of rotatable bonds is 3. The van der Waals surface area contributed by atoms with Crippen molar-refractivity contribution in [2.75, 3.05) is 0 Å². The second-order valence-electron chi connectivity index (χ2n) is 3.87. The van der Waals surface area contributed by atoms with Gasteiger partial charge in [0.05, 0.1) is 5.52 Å². The number of benzene rings is 1. The van der Waals surface area contributed by atoms with E-state index in [4.69, 9.17) is 16.7 Å². The van der Waals surface area contributed by atoms with Crippen LogP contribution in [0, 0.1) is 0 Å². The number of aromatic nitrogens is 4. The molecule has 3 rings (SSSR count). The fourth-order valence-corrected chi connectivity index (χ4v) is 2.64. The van der Waals surface area contributed by atoms with Crippen LogP contribution in [0.15, 0.2) is 40.4 Å².